The van der Waals surface area contributed by atoms with E-state index in [0.29, 0.717) is 20.9 Å². The van der Waals surface area contributed by atoms with Crippen molar-refractivity contribution in [2.75, 3.05) is 12.4 Å². The number of aromatic nitrogens is 1. The van der Waals surface area contributed by atoms with Crippen LogP contribution in [0.25, 0.3) is 11.3 Å². The van der Waals surface area contributed by atoms with Gasteiger partial charge in [-0.3, -0.25) is 10.1 Å². The van der Waals surface area contributed by atoms with Crippen molar-refractivity contribution in [2.45, 2.75) is 13.0 Å². The van der Waals surface area contributed by atoms with Gasteiger partial charge in [0, 0.05) is 16.0 Å². The van der Waals surface area contributed by atoms with Gasteiger partial charge in [-0.2, -0.15) is 0 Å². The number of ether oxygens (including phenoxy) is 2. The molecule has 6 nitrogen and oxygen atoms in total. The number of carbonyl (C=O) groups excluding carboxylic acids is 1. The Morgan fingerprint density at radius 1 is 1.20 bits per heavy atom. The Bertz CT molecular complexity index is 1060. The van der Waals surface area contributed by atoms with Crippen LogP contribution < -0.4 is 20.1 Å². The van der Waals surface area contributed by atoms with Gasteiger partial charge in [-0.1, -0.05) is 23.2 Å². The minimum atomic E-state index is -0.824. The van der Waals surface area contributed by atoms with E-state index in [1.54, 1.807) is 26.2 Å². The molecule has 3 rings (SSSR count). The van der Waals surface area contributed by atoms with E-state index in [0.717, 1.165) is 17.0 Å². The van der Waals surface area contributed by atoms with Crippen LogP contribution in [0.5, 0.6) is 11.5 Å². The quantitative estimate of drug-likeness (QED) is 0.458. The fraction of sp³-hybridized carbons (Fsp3) is 0.150. The number of thiocarbonyl (C=S) groups is 1. The van der Waals surface area contributed by atoms with E-state index in [4.69, 9.17) is 44.9 Å². The highest BCUT2D eigenvalue weighted by atomic mass is 35.5. The molecule has 10 heteroatoms. The number of nitrogens with one attached hydrogen (secondary N) is 2. The molecule has 0 saturated heterocycles. The van der Waals surface area contributed by atoms with Gasteiger partial charge in [0.25, 0.3) is 5.91 Å². The number of carbonyl (C=O) groups is 1. The molecule has 1 heterocycles. The molecule has 0 fully saturated rings. The maximum Gasteiger partial charge on any atom is 0.266 e. The Balaban J connectivity index is 1.55. The summed E-state index contributed by atoms with van der Waals surface area (Å²) >= 11 is 18.5. The average Bonchev–Trinajstić information content (AvgIpc) is 3.18. The van der Waals surface area contributed by atoms with Gasteiger partial charge < -0.3 is 14.8 Å². The van der Waals surface area contributed by atoms with E-state index in [1.165, 1.54) is 17.4 Å². The Morgan fingerprint density at radius 2 is 1.93 bits per heavy atom. The van der Waals surface area contributed by atoms with E-state index >= 15 is 0 Å². The minimum absolute atomic E-state index is 0.119. The Hall–Kier alpha value is -2.39. The largest absolute Gasteiger partial charge is 0.497 e. The summed E-state index contributed by atoms with van der Waals surface area (Å²) in [6.45, 7) is 1.59. The van der Waals surface area contributed by atoms with Crippen LogP contribution in [0.15, 0.2) is 47.8 Å². The second-order valence-electron chi connectivity index (χ2n) is 6.04. The van der Waals surface area contributed by atoms with Crippen molar-refractivity contribution < 1.29 is 14.3 Å². The fourth-order valence-electron chi connectivity index (χ4n) is 2.38. The van der Waals surface area contributed by atoms with Crippen molar-refractivity contribution in [1.82, 2.24) is 10.3 Å². The topological polar surface area (TPSA) is 72.5 Å². The van der Waals surface area contributed by atoms with Crippen molar-refractivity contribution in [2.24, 2.45) is 0 Å². The third-order valence-electron chi connectivity index (χ3n) is 3.91. The van der Waals surface area contributed by atoms with Gasteiger partial charge in [-0.05, 0) is 61.6 Å². The molecule has 30 heavy (non-hydrogen) atoms. The number of hydrogen-bond donors (Lipinski definition) is 2. The summed E-state index contributed by atoms with van der Waals surface area (Å²) in [6.07, 6.45) is -0.824. The maximum absolute atomic E-state index is 12.4. The Labute approximate surface area is 193 Å². The molecule has 2 N–H and O–H groups in total. The zero-order chi connectivity index (χ0) is 21.7. The first-order valence-electron chi connectivity index (χ1n) is 8.69. The highest BCUT2D eigenvalue weighted by Gasteiger charge is 2.18. The number of hydrogen-bond acceptors (Lipinski definition) is 6. The Morgan fingerprint density at radius 3 is 2.60 bits per heavy atom. The number of amides is 1. The lowest BCUT2D eigenvalue weighted by molar-refractivity contribution is -0.125. The standard InChI is InChI=1S/C20H17Cl2N3O3S2/c1-11(28-17-8-5-13(21)9-15(17)22)18(26)24-19(29)25-20-23-16(10-30-20)12-3-6-14(27-2)7-4-12/h3-11H,1-2H3,(H2,23,24,25,26,29). The van der Waals surface area contributed by atoms with Crippen LogP contribution in [0.2, 0.25) is 10.0 Å². The highest BCUT2D eigenvalue weighted by molar-refractivity contribution is 7.80. The first kappa shape index (κ1) is 22.3. The molecular weight excluding hydrogens is 465 g/mol. The van der Waals surface area contributed by atoms with Crippen molar-refractivity contribution in [3.8, 4) is 22.8 Å². The molecule has 1 amide bonds. The SMILES string of the molecule is COc1ccc(-c2csc(NC(=S)NC(=O)C(C)Oc3ccc(Cl)cc3Cl)n2)cc1. The summed E-state index contributed by atoms with van der Waals surface area (Å²) in [6, 6.07) is 12.3. The number of rotatable bonds is 6. The molecule has 0 aliphatic heterocycles. The first-order chi connectivity index (χ1) is 14.4. The smallest absolute Gasteiger partial charge is 0.266 e. The number of benzene rings is 2. The highest BCUT2D eigenvalue weighted by Crippen LogP contribution is 2.28. The van der Waals surface area contributed by atoms with Gasteiger partial charge in [0.15, 0.2) is 16.3 Å². The fourth-order valence-corrected chi connectivity index (χ4v) is 3.82. The van der Waals surface area contributed by atoms with Crippen LogP contribution in [0.4, 0.5) is 5.13 Å². The predicted octanol–water partition coefficient (Wildman–Crippen LogP) is 5.41. The van der Waals surface area contributed by atoms with E-state index < -0.39 is 12.0 Å². The van der Waals surface area contributed by atoms with E-state index in [1.807, 2.05) is 29.6 Å². The molecule has 0 bridgehead atoms. The van der Waals surface area contributed by atoms with Gasteiger partial charge in [-0.25, -0.2) is 4.98 Å². The summed E-state index contributed by atoms with van der Waals surface area (Å²) in [5.74, 6) is 0.699. The van der Waals surface area contributed by atoms with Crippen LogP contribution in [0.1, 0.15) is 6.92 Å². The number of halogens is 2. The minimum Gasteiger partial charge on any atom is -0.497 e. The average molecular weight is 482 g/mol. The molecule has 2 aromatic carbocycles. The summed E-state index contributed by atoms with van der Waals surface area (Å²) in [7, 11) is 1.62. The molecule has 1 unspecified atom stereocenters. The van der Waals surface area contributed by atoms with Crippen molar-refractivity contribution in [3.05, 3.63) is 57.9 Å². The van der Waals surface area contributed by atoms with Gasteiger partial charge in [0.05, 0.1) is 17.8 Å². The number of methoxy groups -OCH3 is 1. The van der Waals surface area contributed by atoms with Gasteiger partial charge in [0.2, 0.25) is 0 Å². The molecule has 3 aromatic rings. The first-order valence-corrected chi connectivity index (χ1v) is 10.7. The molecule has 0 spiro atoms. The number of nitrogens with zero attached hydrogens (tertiary/aromatic N) is 1. The molecule has 0 aliphatic carbocycles. The van der Waals surface area contributed by atoms with Crippen LogP contribution in [0, 0.1) is 0 Å². The second-order valence-corrected chi connectivity index (χ2v) is 8.15. The van der Waals surface area contributed by atoms with Crippen molar-refractivity contribution in [1.29, 1.82) is 0 Å². The van der Waals surface area contributed by atoms with Crippen LogP contribution >= 0.6 is 46.8 Å². The predicted molar refractivity (Wildman–Crippen MR) is 125 cm³/mol. The summed E-state index contributed by atoms with van der Waals surface area (Å²) in [4.78, 5) is 16.8. The summed E-state index contributed by atoms with van der Waals surface area (Å²) in [5.41, 5.74) is 1.73. The zero-order valence-corrected chi connectivity index (χ0v) is 19.1. The van der Waals surface area contributed by atoms with Gasteiger partial charge >= 0.3 is 0 Å². The number of anilines is 1. The van der Waals surface area contributed by atoms with E-state index in [-0.39, 0.29) is 5.11 Å². The monoisotopic (exact) mass is 481 g/mol. The third-order valence-corrected chi connectivity index (χ3v) is 5.41. The molecule has 0 radical (unpaired) electrons. The summed E-state index contributed by atoms with van der Waals surface area (Å²) < 4.78 is 10.7. The van der Waals surface area contributed by atoms with Gasteiger partial charge in [0.1, 0.15) is 11.5 Å². The van der Waals surface area contributed by atoms with Crippen LogP contribution in [-0.2, 0) is 4.79 Å². The lowest BCUT2D eigenvalue weighted by Crippen LogP contribution is -2.42. The summed E-state index contributed by atoms with van der Waals surface area (Å²) in [5, 5.41) is 8.85. The normalized spacial score (nSPS) is 11.5. The molecule has 0 saturated carbocycles. The van der Waals surface area contributed by atoms with E-state index in [9.17, 15) is 4.79 Å². The molecule has 1 atom stereocenters. The molecule has 1 aromatic heterocycles. The molecule has 0 aliphatic rings. The lowest BCUT2D eigenvalue weighted by atomic mass is 10.2. The van der Waals surface area contributed by atoms with Crippen LogP contribution in [0.3, 0.4) is 0 Å². The molecular formula is C20H17Cl2N3O3S2. The maximum atomic E-state index is 12.4. The van der Waals surface area contributed by atoms with Crippen molar-refractivity contribution in [3.63, 3.8) is 0 Å². The van der Waals surface area contributed by atoms with Gasteiger partial charge in [-0.15, -0.1) is 11.3 Å². The molecule has 156 valence electrons. The number of thiazole rings is 1. The van der Waals surface area contributed by atoms with Crippen LogP contribution in [-0.4, -0.2) is 29.2 Å². The van der Waals surface area contributed by atoms with Crippen molar-refractivity contribution >= 4 is 62.9 Å². The third kappa shape index (κ3) is 5.82. The zero-order valence-electron chi connectivity index (χ0n) is 15.9. The Kier molecular flexibility index (Phi) is 7.49. The van der Waals surface area contributed by atoms with E-state index in [2.05, 4.69) is 15.6 Å². The lowest BCUT2D eigenvalue weighted by Gasteiger charge is -2.16. The second kappa shape index (κ2) is 10.1.